The molecule has 0 aliphatic carbocycles. The third-order valence-corrected chi connectivity index (χ3v) is 1.44. The lowest BCUT2D eigenvalue weighted by Gasteiger charge is -1.98. The van der Waals surface area contributed by atoms with E-state index in [0.717, 1.165) is 12.7 Å². The molecule has 13 heavy (non-hydrogen) atoms. The van der Waals surface area contributed by atoms with E-state index in [2.05, 4.69) is 4.74 Å². The van der Waals surface area contributed by atoms with Gasteiger partial charge in [0, 0.05) is 7.11 Å². The zero-order chi connectivity index (χ0) is 10.3. The molecule has 3 nitrogen and oxygen atoms in total. The van der Waals surface area contributed by atoms with Gasteiger partial charge in [0.2, 0.25) is 0 Å². The van der Waals surface area contributed by atoms with Crippen LogP contribution < -0.4 is 0 Å². The Balaban J connectivity index is 0.000000671. The van der Waals surface area contributed by atoms with Gasteiger partial charge in [-0.25, -0.2) is 4.79 Å². The summed E-state index contributed by atoms with van der Waals surface area (Å²) in [5.74, 6) is -0.284. The van der Waals surface area contributed by atoms with Crippen LogP contribution in [0.25, 0.3) is 0 Å². The fourth-order valence-electron chi connectivity index (χ4n) is 0.890. The minimum absolute atomic E-state index is 0.284. The van der Waals surface area contributed by atoms with E-state index in [1.54, 1.807) is 12.1 Å². The third kappa shape index (κ3) is 3.71. The fraction of sp³-hybridized carbons (Fsp3) is 0.300. The second-order valence-electron chi connectivity index (χ2n) is 2.36. The normalized spacial score (nSPS) is 8.31. The largest absolute Gasteiger partial charge is 0.465 e. The Bertz CT molecular complexity index is 269. The van der Waals surface area contributed by atoms with E-state index in [1.165, 1.54) is 7.11 Å². The second-order valence-corrected chi connectivity index (χ2v) is 2.36. The van der Waals surface area contributed by atoms with Crippen LogP contribution in [0.15, 0.2) is 24.3 Å². The van der Waals surface area contributed by atoms with Gasteiger partial charge >= 0.3 is 5.97 Å². The van der Waals surface area contributed by atoms with Crippen molar-refractivity contribution in [2.75, 3.05) is 14.2 Å². The molecule has 1 N–H and O–H groups in total. The Morgan fingerprint density at radius 1 is 1.38 bits per heavy atom. The molecule has 0 heterocycles. The van der Waals surface area contributed by atoms with Crippen LogP contribution in [0.3, 0.4) is 0 Å². The van der Waals surface area contributed by atoms with Crippen LogP contribution in [0, 0.1) is 6.92 Å². The first kappa shape index (κ1) is 11.6. The maximum Gasteiger partial charge on any atom is 0.337 e. The van der Waals surface area contributed by atoms with Gasteiger partial charge < -0.3 is 9.84 Å². The van der Waals surface area contributed by atoms with Crippen LogP contribution >= 0.6 is 0 Å². The van der Waals surface area contributed by atoms with Crippen molar-refractivity contribution in [2.24, 2.45) is 0 Å². The number of aliphatic hydroxyl groups is 1. The van der Waals surface area contributed by atoms with Crippen molar-refractivity contribution in [3.63, 3.8) is 0 Å². The molecule has 0 bridgehead atoms. The van der Waals surface area contributed by atoms with Gasteiger partial charge in [0.05, 0.1) is 12.7 Å². The zero-order valence-corrected chi connectivity index (χ0v) is 8.07. The SMILES string of the molecule is CO.COC(=O)c1cccc(C)c1. The Morgan fingerprint density at radius 3 is 2.46 bits per heavy atom. The Morgan fingerprint density at radius 2 is 2.00 bits per heavy atom. The summed E-state index contributed by atoms with van der Waals surface area (Å²) in [4.78, 5) is 10.9. The van der Waals surface area contributed by atoms with Gasteiger partial charge in [-0.2, -0.15) is 0 Å². The summed E-state index contributed by atoms with van der Waals surface area (Å²) >= 11 is 0. The molecule has 0 unspecified atom stereocenters. The number of carbonyl (C=O) groups is 1. The molecule has 0 aliphatic heterocycles. The van der Waals surface area contributed by atoms with Crippen molar-refractivity contribution in [3.05, 3.63) is 35.4 Å². The predicted octanol–water partition coefficient (Wildman–Crippen LogP) is 1.39. The van der Waals surface area contributed by atoms with Crippen molar-refractivity contribution in [1.82, 2.24) is 0 Å². The highest BCUT2D eigenvalue weighted by Crippen LogP contribution is 2.04. The molecule has 0 saturated carbocycles. The van der Waals surface area contributed by atoms with E-state index < -0.39 is 0 Å². The molecule has 0 atom stereocenters. The Kier molecular flexibility index (Phi) is 5.55. The molecule has 0 amide bonds. The summed E-state index contributed by atoms with van der Waals surface area (Å²) in [7, 11) is 2.38. The van der Waals surface area contributed by atoms with Crippen molar-refractivity contribution < 1.29 is 14.6 Å². The van der Waals surface area contributed by atoms with Crippen molar-refractivity contribution in [3.8, 4) is 0 Å². The van der Waals surface area contributed by atoms with Crippen molar-refractivity contribution >= 4 is 5.97 Å². The zero-order valence-electron chi connectivity index (χ0n) is 8.07. The monoisotopic (exact) mass is 182 g/mol. The number of benzene rings is 1. The Labute approximate surface area is 78.0 Å². The number of hydrogen-bond donors (Lipinski definition) is 1. The second kappa shape index (κ2) is 6.20. The van der Waals surface area contributed by atoms with Gasteiger partial charge in [-0.05, 0) is 19.1 Å². The molecule has 0 aromatic heterocycles. The van der Waals surface area contributed by atoms with Gasteiger partial charge in [0.1, 0.15) is 0 Å². The lowest BCUT2D eigenvalue weighted by molar-refractivity contribution is 0.0600. The van der Waals surface area contributed by atoms with Crippen LogP contribution in [-0.4, -0.2) is 25.3 Å². The van der Waals surface area contributed by atoms with E-state index in [-0.39, 0.29) is 5.97 Å². The first-order chi connectivity index (χ1) is 6.24. The molecule has 0 spiro atoms. The molecule has 3 heteroatoms. The standard InChI is InChI=1S/C9H10O2.CH4O/c1-7-4-3-5-8(6-7)9(10)11-2;1-2/h3-6H,1-2H3;2H,1H3. The summed E-state index contributed by atoms with van der Waals surface area (Å²) < 4.78 is 4.55. The van der Waals surface area contributed by atoms with Crippen molar-refractivity contribution in [1.29, 1.82) is 0 Å². The average Bonchev–Trinajstić information content (AvgIpc) is 2.20. The van der Waals surface area contributed by atoms with E-state index in [0.29, 0.717) is 5.56 Å². The van der Waals surface area contributed by atoms with E-state index >= 15 is 0 Å². The van der Waals surface area contributed by atoms with E-state index in [1.807, 2.05) is 19.1 Å². The number of methoxy groups -OCH3 is 1. The van der Waals surface area contributed by atoms with Gasteiger partial charge in [-0.15, -0.1) is 0 Å². The first-order valence-corrected chi connectivity index (χ1v) is 3.84. The molecular formula is C10H14O3. The third-order valence-electron chi connectivity index (χ3n) is 1.44. The molecule has 0 saturated heterocycles. The number of aliphatic hydroxyl groups excluding tert-OH is 1. The van der Waals surface area contributed by atoms with Gasteiger partial charge in [0.15, 0.2) is 0 Å². The smallest absolute Gasteiger partial charge is 0.337 e. The molecule has 0 aliphatic rings. The maximum atomic E-state index is 10.9. The lowest BCUT2D eigenvalue weighted by atomic mass is 10.1. The van der Waals surface area contributed by atoms with E-state index in [9.17, 15) is 4.79 Å². The number of aryl methyl sites for hydroxylation is 1. The highest BCUT2D eigenvalue weighted by molar-refractivity contribution is 5.89. The summed E-state index contributed by atoms with van der Waals surface area (Å²) in [5, 5.41) is 7.00. The summed E-state index contributed by atoms with van der Waals surface area (Å²) in [6, 6.07) is 7.30. The molecular weight excluding hydrogens is 168 g/mol. The molecule has 0 fully saturated rings. The van der Waals surface area contributed by atoms with Crippen LogP contribution in [0.2, 0.25) is 0 Å². The first-order valence-electron chi connectivity index (χ1n) is 3.84. The highest BCUT2D eigenvalue weighted by Gasteiger charge is 2.02. The number of rotatable bonds is 1. The summed E-state index contributed by atoms with van der Waals surface area (Å²) in [6.45, 7) is 1.94. The van der Waals surface area contributed by atoms with Crippen LogP contribution in [0.4, 0.5) is 0 Å². The lowest BCUT2D eigenvalue weighted by Crippen LogP contribution is -2.00. The maximum absolute atomic E-state index is 10.9. The Hall–Kier alpha value is -1.35. The quantitative estimate of drug-likeness (QED) is 0.667. The van der Waals surface area contributed by atoms with Crippen LogP contribution in [0.5, 0.6) is 0 Å². The number of hydrogen-bond acceptors (Lipinski definition) is 3. The minimum Gasteiger partial charge on any atom is -0.465 e. The van der Waals surface area contributed by atoms with Gasteiger partial charge in [-0.3, -0.25) is 0 Å². The summed E-state index contributed by atoms with van der Waals surface area (Å²) in [6.07, 6.45) is 0. The number of esters is 1. The highest BCUT2D eigenvalue weighted by atomic mass is 16.5. The molecule has 72 valence electrons. The fourth-order valence-corrected chi connectivity index (χ4v) is 0.890. The van der Waals surface area contributed by atoms with Gasteiger partial charge in [-0.1, -0.05) is 17.7 Å². The average molecular weight is 182 g/mol. The molecule has 1 rings (SSSR count). The number of ether oxygens (including phenoxy) is 1. The van der Waals surface area contributed by atoms with Gasteiger partial charge in [0.25, 0.3) is 0 Å². The van der Waals surface area contributed by atoms with Crippen molar-refractivity contribution in [2.45, 2.75) is 6.92 Å². The topological polar surface area (TPSA) is 46.5 Å². The van der Waals surface area contributed by atoms with Crippen LogP contribution in [-0.2, 0) is 4.74 Å². The molecule has 1 aromatic rings. The summed E-state index contributed by atoms with van der Waals surface area (Å²) in [5.41, 5.74) is 1.67. The number of carbonyl (C=O) groups excluding carboxylic acids is 1. The van der Waals surface area contributed by atoms with Crippen LogP contribution in [0.1, 0.15) is 15.9 Å². The predicted molar refractivity (Wildman–Crippen MR) is 50.7 cm³/mol. The molecule has 0 radical (unpaired) electrons. The molecule has 1 aromatic carbocycles. The minimum atomic E-state index is -0.284. The van der Waals surface area contributed by atoms with E-state index in [4.69, 9.17) is 5.11 Å².